The van der Waals surface area contributed by atoms with Crippen LogP contribution in [0.15, 0.2) is 42.5 Å². The number of nitrogens with one attached hydrogen (secondary N) is 1. The van der Waals surface area contributed by atoms with Crippen molar-refractivity contribution in [3.05, 3.63) is 65.2 Å². The van der Waals surface area contributed by atoms with Crippen LogP contribution in [0, 0.1) is 11.6 Å². The molecule has 112 valence electrons. The van der Waals surface area contributed by atoms with Gasteiger partial charge in [0.1, 0.15) is 12.4 Å². The molecule has 0 unspecified atom stereocenters. The number of hydrogen-bond donors (Lipinski definition) is 1. The summed E-state index contributed by atoms with van der Waals surface area (Å²) in [6, 6.07) is 11.5. The van der Waals surface area contributed by atoms with Crippen LogP contribution < -0.4 is 10.1 Å². The minimum absolute atomic E-state index is 0.213. The van der Waals surface area contributed by atoms with Gasteiger partial charge in [-0.3, -0.25) is 0 Å². The van der Waals surface area contributed by atoms with Gasteiger partial charge in [-0.15, -0.1) is 0 Å². The molecule has 0 bridgehead atoms. The molecule has 21 heavy (non-hydrogen) atoms. The predicted molar refractivity (Wildman–Crippen MR) is 79.1 cm³/mol. The Bertz CT molecular complexity index is 570. The molecule has 2 aromatic carbocycles. The first-order valence-corrected chi connectivity index (χ1v) is 7.05. The summed E-state index contributed by atoms with van der Waals surface area (Å²) in [6.07, 6.45) is 1.11. The number of benzene rings is 2. The first-order valence-electron chi connectivity index (χ1n) is 7.05. The topological polar surface area (TPSA) is 21.3 Å². The normalized spacial score (nSPS) is 10.6. The number of hydrogen-bond acceptors (Lipinski definition) is 2. The van der Waals surface area contributed by atoms with E-state index in [-0.39, 0.29) is 6.61 Å². The van der Waals surface area contributed by atoms with E-state index in [4.69, 9.17) is 4.74 Å². The van der Waals surface area contributed by atoms with E-state index in [1.165, 1.54) is 11.6 Å². The van der Waals surface area contributed by atoms with Gasteiger partial charge >= 0.3 is 0 Å². The number of halogens is 2. The molecule has 2 rings (SSSR count). The van der Waals surface area contributed by atoms with Crippen molar-refractivity contribution in [3.63, 3.8) is 0 Å². The van der Waals surface area contributed by atoms with Crippen molar-refractivity contribution in [1.82, 2.24) is 5.32 Å². The molecule has 0 aliphatic heterocycles. The third-order valence-electron chi connectivity index (χ3n) is 3.07. The summed E-state index contributed by atoms with van der Waals surface area (Å²) in [5, 5.41) is 3.32. The Balaban J connectivity index is 1.86. The molecular weight excluding hydrogens is 272 g/mol. The Morgan fingerprint density at radius 3 is 2.33 bits per heavy atom. The van der Waals surface area contributed by atoms with Crippen LogP contribution in [-0.4, -0.2) is 6.54 Å². The van der Waals surface area contributed by atoms with Crippen LogP contribution in [0.1, 0.15) is 24.5 Å². The fraction of sp³-hybridized carbons (Fsp3) is 0.294. The van der Waals surface area contributed by atoms with Crippen LogP contribution in [0.25, 0.3) is 0 Å². The molecule has 2 aromatic rings. The SMILES string of the molecule is CCCNCc1ccc(OCc2ccc(F)c(F)c2)cc1. The van der Waals surface area contributed by atoms with Crippen molar-refractivity contribution in [2.24, 2.45) is 0 Å². The van der Waals surface area contributed by atoms with Crippen molar-refractivity contribution in [2.45, 2.75) is 26.5 Å². The molecule has 0 fully saturated rings. The highest BCUT2D eigenvalue weighted by Gasteiger charge is 2.03. The standard InChI is InChI=1S/C17H19F2NO/c1-2-9-20-11-13-3-6-15(7-4-13)21-12-14-5-8-16(18)17(19)10-14/h3-8,10,20H,2,9,11-12H2,1H3. The van der Waals surface area contributed by atoms with E-state index >= 15 is 0 Å². The zero-order valence-electron chi connectivity index (χ0n) is 12.0. The predicted octanol–water partition coefficient (Wildman–Crippen LogP) is 4.04. The second kappa shape index (κ2) is 7.74. The van der Waals surface area contributed by atoms with E-state index in [0.29, 0.717) is 11.3 Å². The molecule has 0 spiro atoms. The molecule has 0 heterocycles. The average Bonchev–Trinajstić information content (AvgIpc) is 2.50. The van der Waals surface area contributed by atoms with Crippen LogP contribution in [-0.2, 0) is 13.2 Å². The summed E-state index contributed by atoms with van der Waals surface area (Å²) >= 11 is 0. The van der Waals surface area contributed by atoms with Gasteiger partial charge in [0.2, 0.25) is 0 Å². The minimum Gasteiger partial charge on any atom is -0.489 e. The highest BCUT2D eigenvalue weighted by molar-refractivity contribution is 5.28. The largest absolute Gasteiger partial charge is 0.489 e. The van der Waals surface area contributed by atoms with Gasteiger partial charge in [0, 0.05) is 6.54 Å². The van der Waals surface area contributed by atoms with E-state index < -0.39 is 11.6 Å². The zero-order chi connectivity index (χ0) is 15.1. The maximum Gasteiger partial charge on any atom is 0.159 e. The van der Waals surface area contributed by atoms with Crippen molar-refractivity contribution < 1.29 is 13.5 Å². The van der Waals surface area contributed by atoms with Crippen LogP contribution in [0.4, 0.5) is 8.78 Å². The molecule has 0 aliphatic carbocycles. The lowest BCUT2D eigenvalue weighted by Gasteiger charge is -2.08. The molecule has 4 heteroatoms. The smallest absolute Gasteiger partial charge is 0.159 e. The number of rotatable bonds is 7. The van der Waals surface area contributed by atoms with Crippen LogP contribution in [0.2, 0.25) is 0 Å². The summed E-state index contributed by atoms with van der Waals surface area (Å²) in [7, 11) is 0. The van der Waals surface area contributed by atoms with Gasteiger partial charge in [-0.25, -0.2) is 8.78 Å². The third kappa shape index (κ3) is 4.83. The molecule has 0 amide bonds. The lowest BCUT2D eigenvalue weighted by Crippen LogP contribution is -2.13. The van der Waals surface area contributed by atoms with Gasteiger partial charge in [-0.1, -0.05) is 25.1 Å². The molecule has 0 saturated heterocycles. The van der Waals surface area contributed by atoms with Gasteiger partial charge < -0.3 is 10.1 Å². The minimum atomic E-state index is -0.853. The van der Waals surface area contributed by atoms with Gasteiger partial charge in [0.15, 0.2) is 11.6 Å². The number of ether oxygens (including phenoxy) is 1. The summed E-state index contributed by atoms with van der Waals surface area (Å²) < 4.78 is 31.4. The highest BCUT2D eigenvalue weighted by Crippen LogP contribution is 2.15. The molecule has 0 aliphatic rings. The summed E-state index contributed by atoms with van der Waals surface area (Å²) in [5.74, 6) is -0.991. The van der Waals surface area contributed by atoms with Gasteiger partial charge in [0.25, 0.3) is 0 Å². The zero-order valence-corrected chi connectivity index (χ0v) is 12.0. The Morgan fingerprint density at radius 1 is 0.952 bits per heavy atom. The second-order valence-electron chi connectivity index (χ2n) is 4.86. The summed E-state index contributed by atoms with van der Waals surface area (Å²) in [4.78, 5) is 0. The molecular formula is C17H19F2NO. The fourth-order valence-corrected chi connectivity index (χ4v) is 1.91. The Hall–Kier alpha value is -1.94. The molecule has 0 saturated carbocycles. The molecule has 0 radical (unpaired) electrons. The molecule has 1 N–H and O–H groups in total. The maximum atomic E-state index is 13.1. The molecule has 0 atom stereocenters. The lowest BCUT2D eigenvalue weighted by molar-refractivity contribution is 0.305. The Morgan fingerprint density at radius 2 is 1.67 bits per heavy atom. The van der Waals surface area contributed by atoms with E-state index in [1.807, 2.05) is 24.3 Å². The first kappa shape index (κ1) is 15.4. The Labute approximate surface area is 123 Å². The van der Waals surface area contributed by atoms with Crippen LogP contribution >= 0.6 is 0 Å². The van der Waals surface area contributed by atoms with Gasteiger partial charge in [0.05, 0.1) is 0 Å². The summed E-state index contributed by atoms with van der Waals surface area (Å²) in [5.41, 5.74) is 1.78. The van der Waals surface area contributed by atoms with Crippen LogP contribution in [0.3, 0.4) is 0 Å². The molecule has 2 nitrogen and oxygen atoms in total. The van der Waals surface area contributed by atoms with Crippen LogP contribution in [0.5, 0.6) is 5.75 Å². The average molecular weight is 291 g/mol. The molecule has 0 aromatic heterocycles. The maximum absolute atomic E-state index is 13.1. The van der Waals surface area contributed by atoms with E-state index in [0.717, 1.165) is 31.6 Å². The Kier molecular flexibility index (Phi) is 5.69. The third-order valence-corrected chi connectivity index (χ3v) is 3.07. The van der Waals surface area contributed by atoms with E-state index in [9.17, 15) is 8.78 Å². The van der Waals surface area contributed by atoms with E-state index in [1.54, 1.807) is 0 Å². The van der Waals surface area contributed by atoms with Gasteiger partial charge in [-0.2, -0.15) is 0 Å². The van der Waals surface area contributed by atoms with Crippen molar-refractivity contribution >= 4 is 0 Å². The monoisotopic (exact) mass is 291 g/mol. The summed E-state index contributed by atoms with van der Waals surface area (Å²) in [6.45, 7) is 4.17. The lowest BCUT2D eigenvalue weighted by atomic mass is 10.2. The first-order chi connectivity index (χ1) is 10.2. The second-order valence-corrected chi connectivity index (χ2v) is 4.86. The fourth-order valence-electron chi connectivity index (χ4n) is 1.91. The van der Waals surface area contributed by atoms with Gasteiger partial charge in [-0.05, 0) is 48.4 Å². The van der Waals surface area contributed by atoms with Crippen molar-refractivity contribution in [2.75, 3.05) is 6.54 Å². The quantitative estimate of drug-likeness (QED) is 0.777. The van der Waals surface area contributed by atoms with E-state index in [2.05, 4.69) is 12.2 Å². The highest BCUT2D eigenvalue weighted by atomic mass is 19.2. The van der Waals surface area contributed by atoms with Crippen molar-refractivity contribution in [3.8, 4) is 5.75 Å². The van der Waals surface area contributed by atoms with Crippen molar-refractivity contribution in [1.29, 1.82) is 0 Å².